The number of allylic oxidation sites excluding steroid dienone is 1. The molecule has 0 aromatic carbocycles. The number of aromatic carboxylic acids is 1. The van der Waals surface area contributed by atoms with Gasteiger partial charge < -0.3 is 9.84 Å². The summed E-state index contributed by atoms with van der Waals surface area (Å²) in [5.41, 5.74) is -0.168. The summed E-state index contributed by atoms with van der Waals surface area (Å²) < 4.78 is 6.86. The number of hydrogen-bond acceptors (Lipinski definition) is 4. The number of carboxylic acid groups (broad SMARTS) is 1. The summed E-state index contributed by atoms with van der Waals surface area (Å²) in [6.07, 6.45) is 5.40. The van der Waals surface area contributed by atoms with Gasteiger partial charge in [-0.05, 0) is 18.9 Å². The Balaban J connectivity index is 2.07. The molecule has 0 amide bonds. The van der Waals surface area contributed by atoms with Crippen LogP contribution in [-0.4, -0.2) is 32.4 Å². The fourth-order valence-corrected chi connectivity index (χ4v) is 2.34. The third-order valence-electron chi connectivity index (χ3n) is 3.23. The number of aryl methyl sites for hydroxylation is 1. The van der Waals surface area contributed by atoms with Gasteiger partial charge in [-0.25, -0.2) is 14.5 Å². The van der Waals surface area contributed by atoms with Crippen LogP contribution in [0, 0.1) is 0 Å². The van der Waals surface area contributed by atoms with Gasteiger partial charge >= 0.3 is 5.97 Å². The summed E-state index contributed by atoms with van der Waals surface area (Å²) in [5.74, 6) is -0.438. The quantitative estimate of drug-likeness (QED) is 0.749. The number of ether oxygens (including phenoxy) is 1. The third kappa shape index (κ3) is 1.16. The highest BCUT2D eigenvalue weighted by Crippen LogP contribution is 2.39. The minimum absolute atomic E-state index is 0.117. The topological polar surface area (TPSA) is 77.2 Å². The number of carbonyl (C=O) groups is 1. The van der Waals surface area contributed by atoms with Gasteiger partial charge in [0.15, 0.2) is 0 Å². The van der Waals surface area contributed by atoms with Gasteiger partial charge in [-0.3, -0.25) is 0 Å². The molecule has 1 unspecified atom stereocenters. The number of fused-ring (bicyclic) bond motifs is 2. The molecule has 84 valence electrons. The molecule has 0 aliphatic carbocycles. The Hall–Kier alpha value is -1.85. The van der Waals surface area contributed by atoms with Crippen LogP contribution in [0.5, 0.6) is 0 Å². The number of aromatic nitrogens is 3. The van der Waals surface area contributed by atoms with Gasteiger partial charge in [-0.1, -0.05) is 0 Å². The molecule has 6 heteroatoms. The van der Waals surface area contributed by atoms with Gasteiger partial charge in [0.25, 0.3) is 5.82 Å². The highest BCUT2D eigenvalue weighted by molar-refractivity contribution is 5.83. The summed E-state index contributed by atoms with van der Waals surface area (Å²) in [6.45, 7) is 1.37. The molecular formula is C10H11N3O3. The molecule has 6 nitrogen and oxygen atoms in total. The number of hydrogen-bond donors (Lipinski definition) is 1. The van der Waals surface area contributed by atoms with Crippen molar-refractivity contribution >= 4 is 5.97 Å². The SMILES string of the molecule is O=C(O)c1nc2n(n1)CCC21C=COCC1. The molecule has 0 saturated carbocycles. The lowest BCUT2D eigenvalue weighted by Crippen LogP contribution is -2.26. The van der Waals surface area contributed by atoms with E-state index in [1.807, 2.05) is 6.08 Å². The van der Waals surface area contributed by atoms with Crippen LogP contribution in [0.1, 0.15) is 29.3 Å². The van der Waals surface area contributed by atoms with Crippen LogP contribution in [0.15, 0.2) is 12.3 Å². The van der Waals surface area contributed by atoms with E-state index in [9.17, 15) is 4.79 Å². The molecular weight excluding hydrogens is 210 g/mol. The van der Waals surface area contributed by atoms with Crippen LogP contribution in [-0.2, 0) is 16.7 Å². The van der Waals surface area contributed by atoms with Crippen LogP contribution in [0.4, 0.5) is 0 Å². The van der Waals surface area contributed by atoms with E-state index in [-0.39, 0.29) is 11.2 Å². The van der Waals surface area contributed by atoms with Crippen molar-refractivity contribution in [3.05, 3.63) is 24.0 Å². The van der Waals surface area contributed by atoms with E-state index in [0.29, 0.717) is 6.61 Å². The molecule has 1 aromatic heterocycles. The van der Waals surface area contributed by atoms with Crippen molar-refractivity contribution in [1.29, 1.82) is 0 Å². The third-order valence-corrected chi connectivity index (χ3v) is 3.23. The lowest BCUT2D eigenvalue weighted by molar-refractivity contribution is 0.0682. The fraction of sp³-hybridized carbons (Fsp3) is 0.500. The predicted octanol–water partition coefficient (Wildman–Crippen LogP) is 0.552. The number of carboxylic acids is 1. The van der Waals surface area contributed by atoms with Crippen LogP contribution >= 0.6 is 0 Å². The normalized spacial score (nSPS) is 26.8. The predicted molar refractivity (Wildman–Crippen MR) is 53.0 cm³/mol. The second-order valence-corrected chi connectivity index (χ2v) is 4.12. The minimum atomic E-state index is -1.08. The molecule has 2 aliphatic rings. The average molecular weight is 221 g/mol. The maximum Gasteiger partial charge on any atom is 0.375 e. The Kier molecular flexibility index (Phi) is 1.80. The van der Waals surface area contributed by atoms with Crippen molar-refractivity contribution in [2.24, 2.45) is 0 Å². The molecule has 1 N–H and O–H groups in total. The molecule has 0 radical (unpaired) electrons. The lowest BCUT2D eigenvalue weighted by atomic mass is 9.82. The van der Waals surface area contributed by atoms with E-state index < -0.39 is 5.97 Å². The smallest absolute Gasteiger partial charge is 0.375 e. The van der Waals surface area contributed by atoms with Gasteiger partial charge in [-0.15, -0.1) is 5.10 Å². The van der Waals surface area contributed by atoms with E-state index in [4.69, 9.17) is 9.84 Å². The van der Waals surface area contributed by atoms with Crippen molar-refractivity contribution in [3.63, 3.8) is 0 Å². The highest BCUT2D eigenvalue weighted by Gasteiger charge is 2.41. The van der Waals surface area contributed by atoms with Crippen molar-refractivity contribution in [1.82, 2.24) is 14.8 Å². The summed E-state index contributed by atoms with van der Waals surface area (Å²) in [6, 6.07) is 0. The van der Waals surface area contributed by atoms with E-state index in [1.165, 1.54) is 0 Å². The number of nitrogens with zero attached hydrogens (tertiary/aromatic N) is 3. The molecule has 3 rings (SSSR count). The molecule has 1 spiro atoms. The van der Waals surface area contributed by atoms with Crippen molar-refractivity contribution < 1.29 is 14.6 Å². The van der Waals surface area contributed by atoms with Gasteiger partial charge in [0.05, 0.1) is 18.3 Å². The Bertz CT molecular complexity index is 480. The Labute approximate surface area is 91.5 Å². The van der Waals surface area contributed by atoms with Crippen LogP contribution in [0.2, 0.25) is 0 Å². The Morgan fingerprint density at radius 2 is 2.44 bits per heavy atom. The zero-order chi connectivity index (χ0) is 11.2. The van der Waals surface area contributed by atoms with E-state index in [0.717, 1.165) is 25.2 Å². The van der Waals surface area contributed by atoms with E-state index in [1.54, 1.807) is 10.9 Å². The molecule has 0 fully saturated rings. The van der Waals surface area contributed by atoms with Gasteiger partial charge in [0.1, 0.15) is 5.82 Å². The lowest BCUT2D eigenvalue weighted by Gasteiger charge is -2.26. The number of rotatable bonds is 1. The Morgan fingerprint density at radius 1 is 1.56 bits per heavy atom. The summed E-state index contributed by atoms with van der Waals surface area (Å²) >= 11 is 0. The summed E-state index contributed by atoms with van der Waals surface area (Å²) in [7, 11) is 0. The van der Waals surface area contributed by atoms with Crippen molar-refractivity contribution in [3.8, 4) is 0 Å². The Morgan fingerprint density at radius 3 is 3.12 bits per heavy atom. The second-order valence-electron chi connectivity index (χ2n) is 4.12. The largest absolute Gasteiger partial charge is 0.501 e. The van der Waals surface area contributed by atoms with Crippen molar-refractivity contribution in [2.45, 2.75) is 24.8 Å². The maximum absolute atomic E-state index is 10.8. The molecule has 3 heterocycles. The summed E-state index contributed by atoms with van der Waals surface area (Å²) in [4.78, 5) is 14.9. The molecule has 2 aliphatic heterocycles. The average Bonchev–Trinajstić information content (AvgIpc) is 2.82. The zero-order valence-electron chi connectivity index (χ0n) is 8.59. The molecule has 1 aromatic rings. The van der Waals surface area contributed by atoms with Crippen LogP contribution < -0.4 is 0 Å². The van der Waals surface area contributed by atoms with Crippen LogP contribution in [0.25, 0.3) is 0 Å². The molecule has 0 bridgehead atoms. The fourth-order valence-electron chi connectivity index (χ4n) is 2.34. The second kappa shape index (κ2) is 3.07. The van der Waals surface area contributed by atoms with Gasteiger partial charge in [0.2, 0.25) is 0 Å². The molecule has 16 heavy (non-hydrogen) atoms. The van der Waals surface area contributed by atoms with E-state index >= 15 is 0 Å². The van der Waals surface area contributed by atoms with Crippen molar-refractivity contribution in [2.75, 3.05) is 6.61 Å². The highest BCUT2D eigenvalue weighted by atomic mass is 16.5. The molecule has 0 saturated heterocycles. The summed E-state index contributed by atoms with van der Waals surface area (Å²) in [5, 5.41) is 12.8. The van der Waals surface area contributed by atoms with E-state index in [2.05, 4.69) is 10.1 Å². The standard InChI is InChI=1S/C10H11N3O3/c14-8(15)7-11-9-10(1-4-13(9)12-7)2-5-16-6-3-10/h2,5H,1,3-4,6H2,(H,14,15). The first-order valence-corrected chi connectivity index (χ1v) is 5.19. The first kappa shape index (κ1) is 9.38. The van der Waals surface area contributed by atoms with Gasteiger partial charge in [0, 0.05) is 6.54 Å². The van der Waals surface area contributed by atoms with Crippen LogP contribution in [0.3, 0.4) is 0 Å². The minimum Gasteiger partial charge on any atom is -0.501 e. The first-order valence-electron chi connectivity index (χ1n) is 5.19. The first-order chi connectivity index (χ1) is 7.71. The monoisotopic (exact) mass is 221 g/mol. The zero-order valence-corrected chi connectivity index (χ0v) is 8.59. The maximum atomic E-state index is 10.8. The molecule has 1 atom stereocenters. The van der Waals surface area contributed by atoms with Gasteiger partial charge in [-0.2, -0.15) is 0 Å².